The van der Waals surface area contributed by atoms with Gasteiger partial charge in [0, 0.05) is 12.6 Å². The van der Waals surface area contributed by atoms with Crippen molar-refractivity contribution in [2.75, 3.05) is 24.7 Å². The van der Waals surface area contributed by atoms with Crippen LogP contribution in [0.2, 0.25) is 0 Å². The molecule has 1 atom stereocenters. The summed E-state index contributed by atoms with van der Waals surface area (Å²) in [5, 5.41) is 8.89. The number of carbonyl (C=O) groups is 1. The zero-order valence-corrected chi connectivity index (χ0v) is 18.1. The van der Waals surface area contributed by atoms with E-state index in [0.717, 1.165) is 11.1 Å². The third kappa shape index (κ3) is 5.61. The minimum absolute atomic E-state index is 0.0325. The molecule has 0 saturated carbocycles. The van der Waals surface area contributed by atoms with Crippen molar-refractivity contribution >= 4 is 15.7 Å². The maximum atomic E-state index is 12.8. The lowest BCUT2D eigenvalue weighted by atomic mass is 10.0. The lowest BCUT2D eigenvalue weighted by Gasteiger charge is -2.29. The molecule has 1 fully saturated rings. The Morgan fingerprint density at radius 1 is 1.13 bits per heavy atom. The maximum absolute atomic E-state index is 12.8. The van der Waals surface area contributed by atoms with Crippen LogP contribution >= 0.6 is 0 Å². The molecule has 1 aliphatic heterocycles. The zero-order chi connectivity index (χ0) is 21.7. The van der Waals surface area contributed by atoms with Gasteiger partial charge in [0.05, 0.1) is 23.1 Å². The standard InChI is InChI=1S/C23H26N2O4S/c1-17(2)14-25(21-11-12-30(27,28)16-21)23(26)15-29-22-9-7-20(8-10-22)19-5-3-18(13-24)4-6-19/h3-10,17,21H,11-12,14-16H2,1-2H3. The highest BCUT2D eigenvalue weighted by molar-refractivity contribution is 7.91. The fourth-order valence-corrected chi connectivity index (χ4v) is 5.31. The molecule has 158 valence electrons. The Kier molecular flexibility index (Phi) is 6.78. The highest BCUT2D eigenvalue weighted by Gasteiger charge is 2.34. The van der Waals surface area contributed by atoms with Crippen molar-refractivity contribution < 1.29 is 17.9 Å². The Labute approximate surface area is 178 Å². The van der Waals surface area contributed by atoms with Gasteiger partial charge in [-0.3, -0.25) is 4.79 Å². The molecule has 1 aliphatic rings. The topological polar surface area (TPSA) is 87.5 Å². The molecule has 1 heterocycles. The molecule has 30 heavy (non-hydrogen) atoms. The number of ether oxygens (including phenoxy) is 1. The smallest absolute Gasteiger partial charge is 0.260 e. The second kappa shape index (κ2) is 9.31. The van der Waals surface area contributed by atoms with Crippen LogP contribution in [0, 0.1) is 17.2 Å². The fourth-order valence-electron chi connectivity index (χ4n) is 3.58. The van der Waals surface area contributed by atoms with Crippen LogP contribution in [0.3, 0.4) is 0 Å². The lowest BCUT2D eigenvalue weighted by Crippen LogP contribution is -2.45. The van der Waals surface area contributed by atoms with Gasteiger partial charge in [0.15, 0.2) is 16.4 Å². The molecule has 1 saturated heterocycles. The summed E-state index contributed by atoms with van der Waals surface area (Å²) in [5.41, 5.74) is 2.58. The Bertz CT molecular complexity index is 1020. The number of rotatable bonds is 7. The van der Waals surface area contributed by atoms with Gasteiger partial charge in [0.1, 0.15) is 5.75 Å². The van der Waals surface area contributed by atoms with Crippen LogP contribution < -0.4 is 4.74 Å². The van der Waals surface area contributed by atoms with E-state index in [1.54, 1.807) is 29.2 Å². The van der Waals surface area contributed by atoms with E-state index in [0.29, 0.717) is 24.3 Å². The molecule has 1 amide bonds. The number of benzene rings is 2. The SMILES string of the molecule is CC(C)CN(C(=O)COc1ccc(-c2ccc(C#N)cc2)cc1)C1CCS(=O)(=O)C1. The molecule has 0 aromatic heterocycles. The van der Waals surface area contributed by atoms with E-state index >= 15 is 0 Å². The van der Waals surface area contributed by atoms with E-state index < -0.39 is 9.84 Å². The normalized spacial score (nSPS) is 17.5. The number of hydrogen-bond acceptors (Lipinski definition) is 5. The van der Waals surface area contributed by atoms with Gasteiger partial charge in [-0.15, -0.1) is 0 Å². The molecule has 2 aromatic rings. The van der Waals surface area contributed by atoms with Gasteiger partial charge in [-0.1, -0.05) is 38.1 Å². The van der Waals surface area contributed by atoms with E-state index in [1.807, 2.05) is 38.1 Å². The first-order valence-corrected chi connectivity index (χ1v) is 11.8. The lowest BCUT2D eigenvalue weighted by molar-refractivity contribution is -0.135. The van der Waals surface area contributed by atoms with Crippen molar-refractivity contribution in [1.82, 2.24) is 4.90 Å². The summed E-state index contributed by atoms with van der Waals surface area (Å²) in [6.07, 6.45) is 0.486. The minimum Gasteiger partial charge on any atom is -0.484 e. The predicted octanol–water partition coefficient (Wildman–Crippen LogP) is 3.28. The van der Waals surface area contributed by atoms with Gasteiger partial charge in [-0.25, -0.2) is 8.42 Å². The van der Waals surface area contributed by atoms with Crippen LogP contribution in [0.15, 0.2) is 48.5 Å². The van der Waals surface area contributed by atoms with Gasteiger partial charge in [-0.05, 0) is 47.7 Å². The Morgan fingerprint density at radius 2 is 1.73 bits per heavy atom. The molecule has 0 N–H and O–H groups in total. The number of amides is 1. The fraction of sp³-hybridized carbons (Fsp3) is 0.391. The average Bonchev–Trinajstić information content (AvgIpc) is 3.10. The van der Waals surface area contributed by atoms with Crippen LogP contribution in [0.5, 0.6) is 5.75 Å². The number of nitriles is 1. The first-order chi connectivity index (χ1) is 14.3. The van der Waals surface area contributed by atoms with Crippen LogP contribution in [-0.4, -0.2) is 49.9 Å². The van der Waals surface area contributed by atoms with E-state index in [4.69, 9.17) is 10.00 Å². The number of nitrogens with zero attached hydrogens (tertiary/aromatic N) is 2. The monoisotopic (exact) mass is 426 g/mol. The van der Waals surface area contributed by atoms with Crippen LogP contribution in [0.25, 0.3) is 11.1 Å². The molecular weight excluding hydrogens is 400 g/mol. The van der Waals surface area contributed by atoms with E-state index in [1.165, 1.54) is 0 Å². The second-order valence-electron chi connectivity index (χ2n) is 8.00. The van der Waals surface area contributed by atoms with Gasteiger partial charge >= 0.3 is 0 Å². The zero-order valence-electron chi connectivity index (χ0n) is 17.2. The molecule has 6 nitrogen and oxygen atoms in total. The summed E-state index contributed by atoms with van der Waals surface area (Å²) in [7, 11) is -3.07. The summed E-state index contributed by atoms with van der Waals surface area (Å²) < 4.78 is 29.4. The average molecular weight is 427 g/mol. The molecular formula is C23H26N2O4S. The van der Waals surface area contributed by atoms with Crippen LogP contribution in [0.1, 0.15) is 25.8 Å². The molecule has 0 bridgehead atoms. The van der Waals surface area contributed by atoms with E-state index in [2.05, 4.69) is 6.07 Å². The highest BCUT2D eigenvalue weighted by Crippen LogP contribution is 2.23. The molecule has 7 heteroatoms. The van der Waals surface area contributed by atoms with Gasteiger partial charge < -0.3 is 9.64 Å². The number of hydrogen-bond donors (Lipinski definition) is 0. The first-order valence-electron chi connectivity index (χ1n) is 10.0. The van der Waals surface area contributed by atoms with Crippen LogP contribution in [0.4, 0.5) is 0 Å². The summed E-state index contributed by atoms with van der Waals surface area (Å²) in [6, 6.07) is 16.5. The largest absolute Gasteiger partial charge is 0.484 e. The molecule has 0 aliphatic carbocycles. The predicted molar refractivity (Wildman–Crippen MR) is 116 cm³/mol. The van der Waals surface area contributed by atoms with Crippen molar-refractivity contribution in [3.8, 4) is 22.9 Å². The second-order valence-corrected chi connectivity index (χ2v) is 10.2. The van der Waals surface area contributed by atoms with E-state index in [-0.39, 0.29) is 36.0 Å². The third-order valence-electron chi connectivity index (χ3n) is 5.10. The van der Waals surface area contributed by atoms with Gasteiger partial charge in [0.25, 0.3) is 5.91 Å². The summed E-state index contributed by atoms with van der Waals surface area (Å²) in [4.78, 5) is 14.4. The van der Waals surface area contributed by atoms with Crippen molar-refractivity contribution in [2.45, 2.75) is 26.3 Å². The molecule has 0 radical (unpaired) electrons. The Balaban J connectivity index is 1.62. The van der Waals surface area contributed by atoms with Crippen molar-refractivity contribution in [3.63, 3.8) is 0 Å². The quantitative estimate of drug-likeness (QED) is 0.678. The summed E-state index contributed by atoms with van der Waals surface area (Å²) in [6.45, 7) is 4.40. The number of carbonyl (C=O) groups excluding carboxylic acids is 1. The molecule has 1 unspecified atom stereocenters. The third-order valence-corrected chi connectivity index (χ3v) is 6.85. The van der Waals surface area contributed by atoms with Crippen molar-refractivity contribution in [1.29, 1.82) is 5.26 Å². The molecule has 0 spiro atoms. The minimum atomic E-state index is -3.07. The molecule has 2 aromatic carbocycles. The van der Waals surface area contributed by atoms with Crippen LogP contribution in [-0.2, 0) is 14.6 Å². The summed E-state index contributed by atoms with van der Waals surface area (Å²) >= 11 is 0. The summed E-state index contributed by atoms with van der Waals surface area (Å²) in [5.74, 6) is 0.789. The van der Waals surface area contributed by atoms with E-state index in [9.17, 15) is 13.2 Å². The van der Waals surface area contributed by atoms with Gasteiger partial charge in [-0.2, -0.15) is 5.26 Å². The maximum Gasteiger partial charge on any atom is 0.260 e. The van der Waals surface area contributed by atoms with Crippen molar-refractivity contribution in [3.05, 3.63) is 54.1 Å². The Morgan fingerprint density at radius 3 is 2.23 bits per heavy atom. The highest BCUT2D eigenvalue weighted by atomic mass is 32.2. The van der Waals surface area contributed by atoms with Gasteiger partial charge in [0.2, 0.25) is 0 Å². The van der Waals surface area contributed by atoms with Crippen molar-refractivity contribution in [2.24, 2.45) is 5.92 Å². The first kappa shape index (κ1) is 21.8. The number of sulfone groups is 1. The molecule has 3 rings (SSSR count). The Hall–Kier alpha value is -2.85.